The number of hydrogen-bond acceptors (Lipinski definition) is 6. The van der Waals surface area contributed by atoms with Gasteiger partial charge in [-0.05, 0) is 44.0 Å². The van der Waals surface area contributed by atoms with Gasteiger partial charge in [0.1, 0.15) is 5.69 Å². The molecule has 0 spiro atoms. The number of benzene rings is 1. The third-order valence-electron chi connectivity index (χ3n) is 4.25. The third-order valence-corrected chi connectivity index (χ3v) is 5.36. The number of piperidine rings is 1. The number of nitrogens with one attached hydrogen (secondary N) is 1. The van der Waals surface area contributed by atoms with Crippen molar-refractivity contribution in [1.29, 1.82) is 0 Å². The molecule has 1 saturated heterocycles. The van der Waals surface area contributed by atoms with Gasteiger partial charge in [-0.25, -0.2) is 8.42 Å². The van der Waals surface area contributed by atoms with Crippen molar-refractivity contribution in [3.63, 3.8) is 0 Å². The summed E-state index contributed by atoms with van der Waals surface area (Å²) in [6, 6.07) is 4.00. The van der Waals surface area contributed by atoms with Gasteiger partial charge in [-0.3, -0.25) is 10.1 Å². The number of nitro benzene ring substituents is 1. The highest BCUT2D eigenvalue weighted by Gasteiger charge is 2.19. The molecule has 1 aromatic rings. The van der Waals surface area contributed by atoms with Crippen LogP contribution in [0.2, 0.25) is 0 Å². The van der Waals surface area contributed by atoms with Crippen molar-refractivity contribution in [2.45, 2.75) is 31.1 Å². The van der Waals surface area contributed by atoms with Crippen LogP contribution in [0.25, 0.3) is 0 Å². The smallest absolute Gasteiger partial charge is 0.293 e. The van der Waals surface area contributed by atoms with E-state index in [0.29, 0.717) is 18.2 Å². The quantitative estimate of drug-likeness (QED) is 0.597. The van der Waals surface area contributed by atoms with Crippen LogP contribution < -0.4 is 5.32 Å². The molecule has 1 fully saturated rings. The summed E-state index contributed by atoms with van der Waals surface area (Å²) in [5, 5.41) is 14.3. The Hall–Kier alpha value is -1.67. The number of rotatable bonds is 7. The summed E-state index contributed by atoms with van der Waals surface area (Å²) in [6.45, 7) is 5.91. The number of likely N-dealkylation sites (tertiary alicyclic amines) is 1. The van der Waals surface area contributed by atoms with Gasteiger partial charge in [0.25, 0.3) is 5.69 Å². The van der Waals surface area contributed by atoms with E-state index in [1.807, 2.05) is 0 Å². The van der Waals surface area contributed by atoms with Crippen molar-refractivity contribution in [3.8, 4) is 0 Å². The number of hydrogen-bond donors (Lipinski definition) is 1. The first-order valence-electron chi connectivity index (χ1n) is 8.22. The Morgan fingerprint density at radius 3 is 2.54 bits per heavy atom. The van der Waals surface area contributed by atoms with Crippen LogP contribution in [0.4, 0.5) is 11.4 Å². The first kappa shape index (κ1) is 18.7. The summed E-state index contributed by atoms with van der Waals surface area (Å²) in [5.74, 6) is 0.345. The predicted molar refractivity (Wildman–Crippen MR) is 94.2 cm³/mol. The first-order chi connectivity index (χ1) is 11.3. The van der Waals surface area contributed by atoms with Gasteiger partial charge >= 0.3 is 0 Å². The van der Waals surface area contributed by atoms with Crippen molar-refractivity contribution in [1.82, 2.24) is 4.90 Å². The molecule has 7 nitrogen and oxygen atoms in total. The average molecular weight is 355 g/mol. The average Bonchev–Trinajstić information content (AvgIpc) is 2.52. The van der Waals surface area contributed by atoms with Crippen molar-refractivity contribution in [2.24, 2.45) is 5.92 Å². The van der Waals surface area contributed by atoms with Crippen LogP contribution in [0.15, 0.2) is 23.1 Å². The van der Waals surface area contributed by atoms with Crippen LogP contribution in [-0.2, 0) is 9.84 Å². The Kier molecular flexibility index (Phi) is 6.17. The summed E-state index contributed by atoms with van der Waals surface area (Å²) in [5.41, 5.74) is 0.154. The first-order valence-corrected chi connectivity index (χ1v) is 10.1. The van der Waals surface area contributed by atoms with Gasteiger partial charge in [0.15, 0.2) is 9.84 Å². The fraction of sp³-hybridized carbons (Fsp3) is 0.625. The van der Waals surface area contributed by atoms with E-state index in [1.165, 1.54) is 31.4 Å². The van der Waals surface area contributed by atoms with E-state index >= 15 is 0 Å². The van der Waals surface area contributed by atoms with Gasteiger partial charge in [-0.1, -0.05) is 13.3 Å². The van der Waals surface area contributed by atoms with Crippen LogP contribution in [0.5, 0.6) is 0 Å². The molecule has 0 aromatic heterocycles. The third kappa shape index (κ3) is 5.17. The monoisotopic (exact) mass is 355 g/mol. The lowest BCUT2D eigenvalue weighted by molar-refractivity contribution is -0.384. The van der Waals surface area contributed by atoms with Crippen LogP contribution in [0.1, 0.15) is 26.2 Å². The molecule has 0 bridgehead atoms. The van der Waals surface area contributed by atoms with Crippen molar-refractivity contribution >= 4 is 21.2 Å². The van der Waals surface area contributed by atoms with Gasteiger partial charge in [0, 0.05) is 25.4 Å². The number of nitro groups is 1. The maximum Gasteiger partial charge on any atom is 0.293 e. The molecule has 1 N–H and O–H groups in total. The van der Waals surface area contributed by atoms with E-state index in [2.05, 4.69) is 17.1 Å². The topological polar surface area (TPSA) is 92.5 Å². The van der Waals surface area contributed by atoms with Crippen molar-refractivity contribution < 1.29 is 13.3 Å². The Morgan fingerprint density at radius 1 is 1.29 bits per heavy atom. The molecule has 134 valence electrons. The molecule has 0 unspecified atom stereocenters. The highest BCUT2D eigenvalue weighted by atomic mass is 32.2. The Balaban J connectivity index is 2.02. The van der Waals surface area contributed by atoms with E-state index < -0.39 is 14.8 Å². The largest absolute Gasteiger partial charge is 0.379 e. The molecule has 0 aliphatic carbocycles. The lowest BCUT2D eigenvalue weighted by Crippen LogP contribution is -2.35. The fourth-order valence-electron chi connectivity index (χ4n) is 2.97. The van der Waals surface area contributed by atoms with E-state index in [-0.39, 0.29) is 10.6 Å². The molecule has 0 amide bonds. The number of anilines is 1. The minimum atomic E-state index is -3.46. The van der Waals surface area contributed by atoms with Crippen LogP contribution in [-0.4, -0.2) is 50.7 Å². The molecule has 8 heteroatoms. The predicted octanol–water partition coefficient (Wildman–Crippen LogP) is 2.53. The Morgan fingerprint density at radius 2 is 1.96 bits per heavy atom. The Bertz CT molecular complexity index is 685. The molecule has 1 aliphatic rings. The second-order valence-electron chi connectivity index (χ2n) is 6.56. The van der Waals surface area contributed by atoms with Crippen LogP contribution in [0.3, 0.4) is 0 Å². The highest BCUT2D eigenvalue weighted by molar-refractivity contribution is 7.90. The standard InChI is InChI=1S/C16H25N3O4S/c1-13(12-18-8-4-3-5-9-18)11-17-15-7-6-14(24(2,22)23)10-16(15)19(20)21/h6-7,10,13,17H,3-5,8-9,11-12H2,1-2H3/t13-/m1/s1. The fourth-order valence-corrected chi connectivity index (χ4v) is 3.62. The maximum atomic E-state index is 11.6. The summed E-state index contributed by atoms with van der Waals surface area (Å²) in [4.78, 5) is 13.1. The second-order valence-corrected chi connectivity index (χ2v) is 8.57. The van der Waals surface area contributed by atoms with Crippen molar-refractivity contribution in [3.05, 3.63) is 28.3 Å². The van der Waals surface area contributed by atoms with Gasteiger partial charge < -0.3 is 10.2 Å². The molecule has 1 aromatic carbocycles. The van der Waals surface area contributed by atoms with Gasteiger partial charge in [-0.2, -0.15) is 0 Å². The van der Waals surface area contributed by atoms with E-state index in [4.69, 9.17) is 0 Å². The SMILES string of the molecule is C[C@H](CNc1ccc(S(C)(=O)=O)cc1[N+](=O)[O-])CN1CCCCC1. The molecule has 1 atom stereocenters. The van der Waals surface area contributed by atoms with Gasteiger partial charge in [-0.15, -0.1) is 0 Å². The maximum absolute atomic E-state index is 11.6. The zero-order valence-electron chi connectivity index (χ0n) is 14.2. The minimum absolute atomic E-state index is 0.0406. The summed E-state index contributed by atoms with van der Waals surface area (Å²) in [6.07, 6.45) is 4.80. The lowest BCUT2D eigenvalue weighted by Gasteiger charge is -2.29. The zero-order chi connectivity index (χ0) is 17.7. The van der Waals surface area contributed by atoms with Gasteiger partial charge in [0.05, 0.1) is 9.82 Å². The molecule has 1 aliphatic heterocycles. The van der Waals surface area contributed by atoms with E-state index in [1.54, 1.807) is 0 Å². The van der Waals surface area contributed by atoms with E-state index in [9.17, 15) is 18.5 Å². The summed E-state index contributed by atoms with van der Waals surface area (Å²) >= 11 is 0. The normalized spacial score (nSPS) is 17.4. The minimum Gasteiger partial charge on any atom is -0.379 e. The lowest BCUT2D eigenvalue weighted by atomic mass is 10.1. The molecule has 2 rings (SSSR count). The molecule has 0 saturated carbocycles. The molecule has 24 heavy (non-hydrogen) atoms. The van der Waals surface area contributed by atoms with Gasteiger partial charge in [0.2, 0.25) is 0 Å². The summed E-state index contributed by atoms with van der Waals surface area (Å²) in [7, 11) is -3.46. The van der Waals surface area contributed by atoms with Crippen LogP contribution in [0, 0.1) is 16.0 Å². The number of sulfone groups is 1. The highest BCUT2D eigenvalue weighted by Crippen LogP contribution is 2.27. The summed E-state index contributed by atoms with van der Waals surface area (Å²) < 4.78 is 23.1. The molecular weight excluding hydrogens is 330 g/mol. The zero-order valence-corrected chi connectivity index (χ0v) is 15.0. The van der Waals surface area contributed by atoms with E-state index in [0.717, 1.165) is 32.0 Å². The van der Waals surface area contributed by atoms with Crippen LogP contribution >= 0.6 is 0 Å². The Labute approximate surface area is 143 Å². The second kappa shape index (κ2) is 7.94. The molecule has 1 heterocycles. The molecular formula is C16H25N3O4S. The van der Waals surface area contributed by atoms with Crippen molar-refractivity contribution in [2.75, 3.05) is 37.8 Å². The number of nitrogens with zero attached hydrogens (tertiary/aromatic N) is 2. The molecule has 0 radical (unpaired) electrons.